The molecule has 0 aromatic heterocycles. The maximum Gasteiger partial charge on any atom is 0.0991 e. The van der Waals surface area contributed by atoms with E-state index >= 15 is 0 Å². The lowest BCUT2D eigenvalue weighted by Gasteiger charge is -2.50. The Morgan fingerprint density at radius 1 is 1.47 bits per heavy atom. The van der Waals surface area contributed by atoms with Crippen molar-refractivity contribution in [2.75, 3.05) is 0 Å². The first kappa shape index (κ1) is 10.2. The van der Waals surface area contributed by atoms with Gasteiger partial charge in [0.05, 0.1) is 11.6 Å². The standard InChI is InChI=1S/C13H16N2/c1-13(2)11(7-12(13)15)10-5-3-4-9(6-10)8-14/h3-6,11-12H,7,15H2,1-2H3. The Morgan fingerprint density at radius 2 is 2.20 bits per heavy atom. The Balaban J connectivity index is 2.29. The molecular formula is C13H16N2. The minimum Gasteiger partial charge on any atom is -0.327 e. The molecule has 1 fully saturated rings. The van der Waals surface area contributed by atoms with E-state index in [1.807, 2.05) is 18.2 Å². The molecule has 1 aromatic carbocycles. The summed E-state index contributed by atoms with van der Waals surface area (Å²) < 4.78 is 0. The van der Waals surface area contributed by atoms with Crippen molar-refractivity contribution in [1.29, 1.82) is 5.26 Å². The van der Waals surface area contributed by atoms with E-state index in [2.05, 4.69) is 26.0 Å². The van der Waals surface area contributed by atoms with Crippen LogP contribution in [0.5, 0.6) is 0 Å². The third-order valence-corrected chi connectivity index (χ3v) is 3.76. The summed E-state index contributed by atoms with van der Waals surface area (Å²) in [5.74, 6) is 0.501. The summed E-state index contributed by atoms with van der Waals surface area (Å²) >= 11 is 0. The van der Waals surface area contributed by atoms with Gasteiger partial charge in [0.15, 0.2) is 0 Å². The number of nitriles is 1. The van der Waals surface area contributed by atoms with Crippen molar-refractivity contribution in [1.82, 2.24) is 0 Å². The van der Waals surface area contributed by atoms with Crippen molar-refractivity contribution in [2.24, 2.45) is 11.1 Å². The monoisotopic (exact) mass is 200 g/mol. The van der Waals surface area contributed by atoms with Gasteiger partial charge < -0.3 is 5.73 Å². The van der Waals surface area contributed by atoms with E-state index in [4.69, 9.17) is 11.0 Å². The molecule has 0 amide bonds. The Bertz CT molecular complexity index is 415. The number of hydrogen-bond acceptors (Lipinski definition) is 2. The summed E-state index contributed by atoms with van der Waals surface area (Å²) in [5, 5.41) is 8.84. The van der Waals surface area contributed by atoms with Crippen LogP contribution in [0.25, 0.3) is 0 Å². The Kier molecular flexibility index (Phi) is 2.28. The second-order valence-electron chi connectivity index (χ2n) is 4.95. The van der Waals surface area contributed by atoms with Gasteiger partial charge >= 0.3 is 0 Å². The van der Waals surface area contributed by atoms with Crippen molar-refractivity contribution >= 4 is 0 Å². The van der Waals surface area contributed by atoms with E-state index < -0.39 is 0 Å². The normalized spacial score (nSPS) is 27.9. The lowest BCUT2D eigenvalue weighted by atomic mass is 9.56. The predicted molar refractivity (Wildman–Crippen MR) is 60.3 cm³/mol. The van der Waals surface area contributed by atoms with Crippen molar-refractivity contribution < 1.29 is 0 Å². The van der Waals surface area contributed by atoms with Crippen LogP contribution in [0.3, 0.4) is 0 Å². The van der Waals surface area contributed by atoms with Crippen LogP contribution in [-0.2, 0) is 0 Å². The van der Waals surface area contributed by atoms with E-state index in [0.29, 0.717) is 5.92 Å². The zero-order valence-electron chi connectivity index (χ0n) is 9.20. The van der Waals surface area contributed by atoms with E-state index in [0.717, 1.165) is 12.0 Å². The van der Waals surface area contributed by atoms with Gasteiger partial charge in [0, 0.05) is 6.04 Å². The summed E-state index contributed by atoms with van der Waals surface area (Å²) in [4.78, 5) is 0. The first-order valence-corrected chi connectivity index (χ1v) is 5.31. The molecule has 2 nitrogen and oxygen atoms in total. The maximum atomic E-state index is 8.84. The van der Waals surface area contributed by atoms with E-state index in [-0.39, 0.29) is 11.5 Å². The minimum absolute atomic E-state index is 0.161. The highest BCUT2D eigenvalue weighted by molar-refractivity contribution is 5.37. The maximum absolute atomic E-state index is 8.84. The van der Waals surface area contributed by atoms with Gasteiger partial charge in [-0.2, -0.15) is 5.26 Å². The van der Waals surface area contributed by atoms with Crippen molar-refractivity contribution in [3.8, 4) is 6.07 Å². The fraction of sp³-hybridized carbons (Fsp3) is 0.462. The topological polar surface area (TPSA) is 49.8 Å². The van der Waals surface area contributed by atoms with Crippen molar-refractivity contribution in [3.05, 3.63) is 35.4 Å². The second kappa shape index (κ2) is 3.36. The largest absolute Gasteiger partial charge is 0.327 e. The zero-order valence-corrected chi connectivity index (χ0v) is 9.20. The molecule has 0 spiro atoms. The highest BCUT2D eigenvalue weighted by atomic mass is 14.8. The van der Waals surface area contributed by atoms with Gasteiger partial charge in [0.1, 0.15) is 0 Å². The van der Waals surface area contributed by atoms with Crippen LogP contribution in [0.2, 0.25) is 0 Å². The molecule has 0 aliphatic heterocycles. The number of nitrogens with zero attached hydrogens (tertiary/aromatic N) is 1. The fourth-order valence-corrected chi connectivity index (χ4v) is 2.35. The summed E-state index contributed by atoms with van der Waals surface area (Å²) in [6.45, 7) is 4.40. The summed E-state index contributed by atoms with van der Waals surface area (Å²) in [7, 11) is 0. The Labute approximate surface area is 90.7 Å². The molecule has 0 bridgehead atoms. The van der Waals surface area contributed by atoms with Crippen LogP contribution in [0.4, 0.5) is 0 Å². The summed E-state index contributed by atoms with van der Waals surface area (Å²) in [6.07, 6.45) is 1.03. The van der Waals surface area contributed by atoms with Crippen LogP contribution in [-0.4, -0.2) is 6.04 Å². The van der Waals surface area contributed by atoms with E-state index in [9.17, 15) is 0 Å². The summed E-state index contributed by atoms with van der Waals surface area (Å²) in [5.41, 5.74) is 8.14. The Morgan fingerprint density at radius 3 is 2.73 bits per heavy atom. The van der Waals surface area contributed by atoms with Crippen LogP contribution in [0.1, 0.15) is 37.3 Å². The molecule has 2 atom stereocenters. The van der Waals surface area contributed by atoms with E-state index in [1.54, 1.807) is 0 Å². The lowest BCUT2D eigenvalue weighted by Crippen LogP contribution is -2.52. The lowest BCUT2D eigenvalue weighted by molar-refractivity contribution is 0.0984. The van der Waals surface area contributed by atoms with Gasteiger partial charge in [0.25, 0.3) is 0 Å². The third-order valence-electron chi connectivity index (χ3n) is 3.76. The SMILES string of the molecule is CC1(C)C(N)CC1c1cccc(C#N)c1. The van der Waals surface area contributed by atoms with Crippen LogP contribution in [0, 0.1) is 16.7 Å². The molecule has 2 rings (SSSR count). The molecule has 1 saturated carbocycles. The van der Waals surface area contributed by atoms with E-state index in [1.165, 1.54) is 5.56 Å². The smallest absolute Gasteiger partial charge is 0.0991 e. The fourth-order valence-electron chi connectivity index (χ4n) is 2.35. The first-order chi connectivity index (χ1) is 7.05. The predicted octanol–water partition coefficient (Wildman–Crippen LogP) is 2.40. The van der Waals surface area contributed by atoms with Gasteiger partial charge in [-0.25, -0.2) is 0 Å². The van der Waals surface area contributed by atoms with Gasteiger partial charge in [-0.3, -0.25) is 0 Å². The molecule has 1 aliphatic carbocycles. The molecular weight excluding hydrogens is 184 g/mol. The van der Waals surface area contributed by atoms with Crippen LogP contribution in [0.15, 0.2) is 24.3 Å². The number of rotatable bonds is 1. The molecule has 0 saturated heterocycles. The highest BCUT2D eigenvalue weighted by Crippen LogP contribution is 2.51. The first-order valence-electron chi connectivity index (χ1n) is 5.31. The number of benzene rings is 1. The number of hydrogen-bond donors (Lipinski definition) is 1. The molecule has 1 aromatic rings. The van der Waals surface area contributed by atoms with Crippen molar-refractivity contribution in [2.45, 2.75) is 32.2 Å². The van der Waals surface area contributed by atoms with Crippen LogP contribution < -0.4 is 5.73 Å². The van der Waals surface area contributed by atoms with Gasteiger partial charge in [0.2, 0.25) is 0 Å². The molecule has 2 heteroatoms. The summed E-state index contributed by atoms with van der Waals surface area (Å²) in [6, 6.07) is 10.3. The zero-order chi connectivity index (χ0) is 11.1. The number of nitrogens with two attached hydrogens (primary N) is 1. The van der Waals surface area contributed by atoms with Crippen LogP contribution >= 0.6 is 0 Å². The average Bonchev–Trinajstić information content (AvgIpc) is 2.25. The quantitative estimate of drug-likeness (QED) is 0.756. The molecule has 2 N–H and O–H groups in total. The van der Waals surface area contributed by atoms with Gasteiger partial charge in [-0.05, 0) is 35.4 Å². The Hall–Kier alpha value is -1.33. The molecule has 0 heterocycles. The molecule has 78 valence electrons. The highest BCUT2D eigenvalue weighted by Gasteiger charge is 2.46. The molecule has 1 aliphatic rings. The van der Waals surface area contributed by atoms with Crippen molar-refractivity contribution in [3.63, 3.8) is 0 Å². The molecule has 0 radical (unpaired) electrons. The molecule has 2 unspecified atom stereocenters. The minimum atomic E-state index is 0.161. The average molecular weight is 200 g/mol. The van der Waals surface area contributed by atoms with Gasteiger partial charge in [-0.15, -0.1) is 0 Å². The third kappa shape index (κ3) is 1.53. The second-order valence-corrected chi connectivity index (χ2v) is 4.95. The van der Waals surface area contributed by atoms with Gasteiger partial charge in [-0.1, -0.05) is 26.0 Å². The molecule has 15 heavy (non-hydrogen) atoms.